The van der Waals surface area contributed by atoms with Crippen LogP contribution in [-0.2, 0) is 23.6 Å². The molecule has 0 radical (unpaired) electrons. The van der Waals surface area contributed by atoms with E-state index in [0.29, 0.717) is 22.0 Å². The van der Waals surface area contributed by atoms with Crippen LogP contribution in [0.3, 0.4) is 0 Å². The third kappa shape index (κ3) is 4.10. The molecule has 0 amide bonds. The molecule has 0 aliphatic heterocycles. The van der Waals surface area contributed by atoms with Crippen molar-refractivity contribution < 1.29 is 13.2 Å². The summed E-state index contributed by atoms with van der Waals surface area (Å²) in [6.07, 6.45) is 2.79. The molecule has 0 saturated heterocycles. The predicted molar refractivity (Wildman–Crippen MR) is 103 cm³/mol. The molecule has 6 nitrogen and oxygen atoms in total. The summed E-state index contributed by atoms with van der Waals surface area (Å²) in [5, 5.41) is 0.556. The summed E-state index contributed by atoms with van der Waals surface area (Å²) in [6.45, 7) is 1.88. The Bertz CT molecular complexity index is 1080. The van der Waals surface area contributed by atoms with Crippen molar-refractivity contribution in [2.45, 2.75) is 18.4 Å². The summed E-state index contributed by atoms with van der Waals surface area (Å²) < 4.78 is 29.0. The fourth-order valence-electron chi connectivity index (χ4n) is 2.82. The van der Waals surface area contributed by atoms with Crippen molar-refractivity contribution in [3.05, 3.63) is 82.4 Å². The van der Waals surface area contributed by atoms with E-state index in [1.165, 1.54) is 18.5 Å². The number of nitrogens with one attached hydrogen (secondary N) is 1. The lowest BCUT2D eigenvalue weighted by atomic mass is 10.1. The molecule has 0 bridgehead atoms. The highest BCUT2D eigenvalue weighted by Crippen LogP contribution is 2.20. The highest BCUT2D eigenvalue weighted by molar-refractivity contribution is 7.89. The standard InChI is InChI=1S/C19H18ClN3O3S/c1-13-10-16(11-22-27(25,26)17-4-3-9-21-12-17)23(2)18(13)19(24)14-5-7-15(20)8-6-14/h3-10,12,22H,11H2,1-2H3. The van der Waals surface area contributed by atoms with E-state index in [2.05, 4.69) is 9.71 Å². The minimum Gasteiger partial charge on any atom is -0.343 e. The fourth-order valence-corrected chi connectivity index (χ4v) is 3.91. The normalized spacial score (nSPS) is 11.5. The zero-order chi connectivity index (χ0) is 19.6. The van der Waals surface area contributed by atoms with Gasteiger partial charge in [0.25, 0.3) is 0 Å². The van der Waals surface area contributed by atoms with E-state index in [9.17, 15) is 13.2 Å². The quantitative estimate of drug-likeness (QED) is 0.641. The van der Waals surface area contributed by atoms with Crippen LogP contribution in [-0.4, -0.2) is 23.8 Å². The molecule has 3 rings (SSSR count). The van der Waals surface area contributed by atoms with Crippen LogP contribution in [0, 0.1) is 6.92 Å². The fraction of sp³-hybridized carbons (Fsp3) is 0.158. The number of hydrogen-bond donors (Lipinski definition) is 1. The zero-order valence-electron chi connectivity index (χ0n) is 14.8. The Morgan fingerprint density at radius 2 is 1.93 bits per heavy atom. The SMILES string of the molecule is Cc1cc(CNS(=O)(=O)c2cccnc2)n(C)c1C(=O)c1ccc(Cl)cc1. The van der Waals surface area contributed by atoms with Gasteiger partial charge >= 0.3 is 0 Å². The Kier molecular flexibility index (Phi) is 5.46. The first kappa shape index (κ1) is 19.3. The number of carbonyl (C=O) groups is 1. The minimum absolute atomic E-state index is 0.0580. The number of pyridine rings is 1. The molecule has 2 aromatic heterocycles. The van der Waals surface area contributed by atoms with Gasteiger partial charge in [-0.1, -0.05) is 11.6 Å². The molecule has 140 valence electrons. The molecule has 0 aliphatic carbocycles. The van der Waals surface area contributed by atoms with Gasteiger partial charge in [-0.2, -0.15) is 0 Å². The van der Waals surface area contributed by atoms with Crippen LogP contribution in [0.25, 0.3) is 0 Å². The number of ketones is 1. The molecular weight excluding hydrogens is 386 g/mol. The number of rotatable bonds is 6. The smallest absolute Gasteiger partial charge is 0.242 e. The number of benzene rings is 1. The highest BCUT2D eigenvalue weighted by atomic mass is 35.5. The molecule has 0 saturated carbocycles. The number of halogens is 1. The van der Waals surface area contributed by atoms with Gasteiger partial charge in [-0.25, -0.2) is 13.1 Å². The van der Waals surface area contributed by atoms with E-state index >= 15 is 0 Å². The Labute approximate surface area is 162 Å². The van der Waals surface area contributed by atoms with Gasteiger partial charge in [0.1, 0.15) is 4.90 Å². The first-order chi connectivity index (χ1) is 12.8. The second-order valence-corrected chi connectivity index (χ2v) is 8.28. The molecule has 0 atom stereocenters. The largest absolute Gasteiger partial charge is 0.343 e. The Balaban J connectivity index is 1.84. The van der Waals surface area contributed by atoms with Crippen LogP contribution in [0.15, 0.2) is 59.8 Å². The average Bonchev–Trinajstić information content (AvgIpc) is 2.94. The van der Waals surface area contributed by atoms with Crippen LogP contribution in [0.2, 0.25) is 5.02 Å². The molecule has 2 heterocycles. The molecule has 0 spiro atoms. The van der Waals surface area contributed by atoms with Gasteiger partial charge < -0.3 is 4.57 Å². The Morgan fingerprint density at radius 1 is 1.22 bits per heavy atom. The molecule has 1 N–H and O–H groups in total. The number of sulfonamides is 1. The second-order valence-electron chi connectivity index (χ2n) is 6.08. The van der Waals surface area contributed by atoms with Crippen molar-refractivity contribution in [2.24, 2.45) is 7.05 Å². The third-order valence-corrected chi connectivity index (χ3v) is 5.87. The summed E-state index contributed by atoms with van der Waals surface area (Å²) in [5.41, 5.74) is 2.48. The molecule has 0 aliphatic rings. The number of aryl methyl sites for hydroxylation is 1. The summed E-state index contributed by atoms with van der Waals surface area (Å²) in [6, 6.07) is 11.5. The zero-order valence-corrected chi connectivity index (χ0v) is 16.4. The monoisotopic (exact) mass is 403 g/mol. The van der Waals surface area contributed by atoms with E-state index in [-0.39, 0.29) is 17.2 Å². The molecule has 1 aromatic carbocycles. The van der Waals surface area contributed by atoms with Crippen molar-refractivity contribution in [3.63, 3.8) is 0 Å². The summed E-state index contributed by atoms with van der Waals surface area (Å²) in [4.78, 5) is 16.7. The molecule has 8 heteroatoms. The van der Waals surface area contributed by atoms with Gasteiger partial charge in [0.05, 0.1) is 12.2 Å². The van der Waals surface area contributed by atoms with Crippen LogP contribution in [0.1, 0.15) is 27.3 Å². The number of hydrogen-bond acceptors (Lipinski definition) is 4. The molecular formula is C19H18ClN3O3S. The van der Waals surface area contributed by atoms with E-state index in [0.717, 1.165) is 5.56 Å². The lowest BCUT2D eigenvalue weighted by Gasteiger charge is -2.10. The Morgan fingerprint density at radius 3 is 2.56 bits per heavy atom. The van der Waals surface area contributed by atoms with E-state index in [4.69, 9.17) is 11.6 Å². The van der Waals surface area contributed by atoms with Gasteiger partial charge in [0, 0.05) is 35.7 Å². The van der Waals surface area contributed by atoms with Crippen LogP contribution in [0.5, 0.6) is 0 Å². The maximum Gasteiger partial charge on any atom is 0.242 e. The molecule has 3 aromatic rings. The maximum absolute atomic E-state index is 12.8. The average molecular weight is 404 g/mol. The van der Waals surface area contributed by atoms with Crippen molar-refractivity contribution >= 4 is 27.4 Å². The first-order valence-corrected chi connectivity index (χ1v) is 10.0. The van der Waals surface area contributed by atoms with E-state index in [1.54, 1.807) is 48.0 Å². The van der Waals surface area contributed by atoms with Gasteiger partial charge in [0.2, 0.25) is 15.8 Å². The lowest BCUT2D eigenvalue weighted by molar-refractivity contribution is 0.103. The lowest BCUT2D eigenvalue weighted by Crippen LogP contribution is -2.24. The summed E-state index contributed by atoms with van der Waals surface area (Å²) >= 11 is 5.88. The third-order valence-electron chi connectivity index (χ3n) is 4.23. The van der Waals surface area contributed by atoms with E-state index < -0.39 is 10.0 Å². The van der Waals surface area contributed by atoms with Crippen molar-refractivity contribution in [2.75, 3.05) is 0 Å². The molecule has 27 heavy (non-hydrogen) atoms. The second kappa shape index (κ2) is 7.64. The number of aromatic nitrogens is 2. The molecule has 0 unspecified atom stereocenters. The minimum atomic E-state index is -3.68. The first-order valence-electron chi connectivity index (χ1n) is 8.15. The highest BCUT2D eigenvalue weighted by Gasteiger charge is 2.20. The summed E-state index contributed by atoms with van der Waals surface area (Å²) in [5.74, 6) is -0.145. The van der Waals surface area contributed by atoms with E-state index in [1.807, 2.05) is 6.92 Å². The number of nitrogens with zero attached hydrogens (tertiary/aromatic N) is 2. The summed E-state index contributed by atoms with van der Waals surface area (Å²) in [7, 11) is -1.94. The van der Waals surface area contributed by atoms with Gasteiger partial charge in [0.15, 0.2) is 0 Å². The molecule has 0 fully saturated rings. The van der Waals surface area contributed by atoms with Crippen molar-refractivity contribution in [1.82, 2.24) is 14.3 Å². The topological polar surface area (TPSA) is 81.1 Å². The van der Waals surface area contributed by atoms with Crippen LogP contribution < -0.4 is 4.72 Å². The predicted octanol–water partition coefficient (Wildman–Crippen LogP) is 3.09. The van der Waals surface area contributed by atoms with Crippen molar-refractivity contribution in [3.8, 4) is 0 Å². The van der Waals surface area contributed by atoms with Gasteiger partial charge in [-0.3, -0.25) is 9.78 Å². The maximum atomic E-state index is 12.8. The van der Waals surface area contributed by atoms with Crippen LogP contribution in [0.4, 0.5) is 0 Å². The van der Waals surface area contributed by atoms with Gasteiger partial charge in [-0.05, 0) is 55.0 Å². The Hall–Kier alpha value is -2.48. The van der Waals surface area contributed by atoms with Crippen molar-refractivity contribution in [1.29, 1.82) is 0 Å². The van der Waals surface area contributed by atoms with Crippen LogP contribution >= 0.6 is 11.6 Å². The number of carbonyl (C=O) groups excluding carboxylic acids is 1. The van der Waals surface area contributed by atoms with Gasteiger partial charge in [-0.15, -0.1) is 0 Å².